The van der Waals surface area contributed by atoms with Crippen LogP contribution in [0.1, 0.15) is 5.56 Å². The van der Waals surface area contributed by atoms with Crippen LogP contribution in [0.3, 0.4) is 0 Å². The summed E-state index contributed by atoms with van der Waals surface area (Å²) in [5, 5.41) is 9.84. The molecule has 7 heteroatoms. The number of morpholine rings is 1. The van der Waals surface area contributed by atoms with Crippen molar-refractivity contribution < 1.29 is 14.6 Å². The molecule has 5 nitrogen and oxygen atoms in total. The zero-order chi connectivity index (χ0) is 14.7. The molecular formula is C13H16Cl2N2O3. The Balaban J connectivity index is 2.22. The lowest BCUT2D eigenvalue weighted by Crippen LogP contribution is -2.36. The van der Waals surface area contributed by atoms with E-state index >= 15 is 0 Å². The minimum absolute atomic E-state index is 0.193. The fourth-order valence-corrected chi connectivity index (χ4v) is 2.94. The predicted molar refractivity (Wildman–Crippen MR) is 78.8 cm³/mol. The first-order valence-electron chi connectivity index (χ1n) is 6.28. The van der Waals surface area contributed by atoms with Crippen LogP contribution in [0.2, 0.25) is 10.0 Å². The Morgan fingerprint density at radius 2 is 1.90 bits per heavy atom. The molecule has 1 unspecified atom stereocenters. The molecule has 2 rings (SSSR count). The van der Waals surface area contributed by atoms with Crippen molar-refractivity contribution >= 4 is 34.9 Å². The van der Waals surface area contributed by atoms with Crippen molar-refractivity contribution in [1.82, 2.24) is 0 Å². The number of rotatable bonds is 4. The normalized spacial score (nSPS) is 17.1. The number of benzene rings is 1. The Hall–Kier alpha value is -1.01. The summed E-state index contributed by atoms with van der Waals surface area (Å²) in [6, 6.07) is 2.48. The quantitative estimate of drug-likeness (QED) is 0.885. The maximum absolute atomic E-state index is 10.8. The zero-order valence-electron chi connectivity index (χ0n) is 10.8. The van der Waals surface area contributed by atoms with Crippen molar-refractivity contribution in [3.63, 3.8) is 0 Å². The van der Waals surface area contributed by atoms with Gasteiger partial charge < -0.3 is 20.5 Å². The molecule has 1 saturated heterocycles. The van der Waals surface area contributed by atoms with Crippen LogP contribution in [-0.2, 0) is 16.0 Å². The number of ether oxygens (including phenoxy) is 1. The van der Waals surface area contributed by atoms with Crippen LogP contribution in [0.15, 0.2) is 12.1 Å². The molecule has 0 aliphatic carbocycles. The highest BCUT2D eigenvalue weighted by Gasteiger charge is 2.19. The lowest BCUT2D eigenvalue weighted by Gasteiger charge is -2.30. The Morgan fingerprint density at radius 1 is 1.35 bits per heavy atom. The predicted octanol–water partition coefficient (Wildman–Crippen LogP) is 1.78. The number of carbonyl (C=O) groups is 1. The average molecular weight is 319 g/mol. The highest BCUT2D eigenvalue weighted by molar-refractivity contribution is 6.39. The van der Waals surface area contributed by atoms with Gasteiger partial charge in [-0.1, -0.05) is 23.2 Å². The number of hydrogen-bond acceptors (Lipinski definition) is 4. The summed E-state index contributed by atoms with van der Waals surface area (Å²) in [5.41, 5.74) is 7.00. The molecule has 0 bridgehead atoms. The summed E-state index contributed by atoms with van der Waals surface area (Å²) in [7, 11) is 0. The molecule has 110 valence electrons. The van der Waals surface area contributed by atoms with E-state index < -0.39 is 12.0 Å². The average Bonchev–Trinajstić information content (AvgIpc) is 2.39. The Labute approximate surface area is 127 Å². The summed E-state index contributed by atoms with van der Waals surface area (Å²) in [4.78, 5) is 12.8. The molecule has 0 aromatic heterocycles. The van der Waals surface area contributed by atoms with Crippen molar-refractivity contribution in [1.29, 1.82) is 0 Å². The lowest BCUT2D eigenvalue weighted by molar-refractivity contribution is -0.138. The van der Waals surface area contributed by atoms with Crippen molar-refractivity contribution in [2.24, 2.45) is 5.73 Å². The minimum Gasteiger partial charge on any atom is -0.480 e. The standard InChI is InChI=1S/C13H16Cl2N2O3/c14-9-5-8(7-11(16)13(18)19)6-10(15)12(9)17-1-3-20-4-2-17/h5-6,11H,1-4,7,16H2,(H,18,19). The molecule has 3 N–H and O–H groups in total. The van der Waals surface area contributed by atoms with Gasteiger partial charge >= 0.3 is 5.97 Å². The lowest BCUT2D eigenvalue weighted by atomic mass is 10.1. The second-order valence-corrected chi connectivity index (χ2v) is 5.47. The van der Waals surface area contributed by atoms with E-state index in [0.717, 1.165) is 18.8 Å². The van der Waals surface area contributed by atoms with E-state index in [4.69, 9.17) is 38.8 Å². The van der Waals surface area contributed by atoms with E-state index in [9.17, 15) is 4.79 Å². The summed E-state index contributed by atoms with van der Waals surface area (Å²) in [6.07, 6.45) is 0.193. The van der Waals surface area contributed by atoms with Gasteiger partial charge in [0.05, 0.1) is 28.9 Å². The van der Waals surface area contributed by atoms with Crippen LogP contribution in [0.4, 0.5) is 5.69 Å². The summed E-state index contributed by atoms with van der Waals surface area (Å²) >= 11 is 12.6. The summed E-state index contributed by atoms with van der Waals surface area (Å²) in [6.45, 7) is 2.73. The maximum Gasteiger partial charge on any atom is 0.320 e. The van der Waals surface area contributed by atoms with Gasteiger partial charge in [0.15, 0.2) is 0 Å². The SMILES string of the molecule is NC(Cc1cc(Cl)c(N2CCOCC2)c(Cl)c1)C(=O)O. The Kier molecular flexibility index (Phi) is 5.10. The van der Waals surface area contributed by atoms with Gasteiger partial charge in [0, 0.05) is 13.1 Å². The van der Waals surface area contributed by atoms with Crippen LogP contribution in [0.25, 0.3) is 0 Å². The highest BCUT2D eigenvalue weighted by atomic mass is 35.5. The van der Waals surface area contributed by atoms with Gasteiger partial charge in [0.1, 0.15) is 6.04 Å². The molecule has 0 spiro atoms. The minimum atomic E-state index is -1.05. The van der Waals surface area contributed by atoms with Crippen LogP contribution in [-0.4, -0.2) is 43.4 Å². The van der Waals surface area contributed by atoms with Crippen LogP contribution >= 0.6 is 23.2 Å². The molecule has 0 radical (unpaired) electrons. The van der Waals surface area contributed by atoms with Crippen LogP contribution in [0, 0.1) is 0 Å². The van der Waals surface area contributed by atoms with Gasteiger partial charge in [0.25, 0.3) is 0 Å². The van der Waals surface area contributed by atoms with Crippen molar-refractivity contribution in [2.75, 3.05) is 31.2 Å². The molecule has 1 atom stereocenters. The van der Waals surface area contributed by atoms with Gasteiger partial charge in [-0.15, -0.1) is 0 Å². The van der Waals surface area contributed by atoms with Gasteiger partial charge in [-0.05, 0) is 24.1 Å². The van der Waals surface area contributed by atoms with Gasteiger partial charge in [-0.25, -0.2) is 0 Å². The Bertz CT molecular complexity index is 481. The molecule has 1 heterocycles. The molecule has 20 heavy (non-hydrogen) atoms. The molecule has 1 aliphatic rings. The third-order valence-corrected chi connectivity index (χ3v) is 3.75. The number of halogens is 2. The fraction of sp³-hybridized carbons (Fsp3) is 0.462. The summed E-state index contributed by atoms with van der Waals surface area (Å²) < 4.78 is 5.29. The number of aliphatic carboxylic acids is 1. The van der Waals surface area contributed by atoms with Crippen molar-refractivity contribution in [2.45, 2.75) is 12.5 Å². The van der Waals surface area contributed by atoms with E-state index in [2.05, 4.69) is 4.90 Å². The van der Waals surface area contributed by atoms with Gasteiger partial charge in [0.2, 0.25) is 0 Å². The molecule has 1 fully saturated rings. The molecule has 1 aromatic carbocycles. The Morgan fingerprint density at radius 3 is 2.40 bits per heavy atom. The largest absolute Gasteiger partial charge is 0.480 e. The number of nitrogens with zero attached hydrogens (tertiary/aromatic N) is 1. The number of nitrogens with two attached hydrogens (primary N) is 1. The maximum atomic E-state index is 10.8. The zero-order valence-corrected chi connectivity index (χ0v) is 12.3. The number of carboxylic acids is 1. The first-order chi connectivity index (χ1) is 9.49. The van der Waals surface area contributed by atoms with E-state index in [1.807, 2.05) is 0 Å². The summed E-state index contributed by atoms with van der Waals surface area (Å²) in [5.74, 6) is -1.05. The molecule has 1 aliphatic heterocycles. The van der Waals surface area contributed by atoms with Crippen LogP contribution < -0.4 is 10.6 Å². The number of anilines is 1. The first kappa shape index (κ1) is 15.4. The van der Waals surface area contributed by atoms with Crippen LogP contribution in [0.5, 0.6) is 0 Å². The first-order valence-corrected chi connectivity index (χ1v) is 7.03. The highest BCUT2D eigenvalue weighted by Crippen LogP contribution is 2.35. The van der Waals surface area contributed by atoms with Gasteiger partial charge in [-0.2, -0.15) is 0 Å². The topological polar surface area (TPSA) is 75.8 Å². The molecular weight excluding hydrogens is 303 g/mol. The molecule has 1 aromatic rings. The number of carboxylic acid groups (broad SMARTS) is 1. The fourth-order valence-electron chi connectivity index (χ4n) is 2.17. The third-order valence-electron chi connectivity index (χ3n) is 3.18. The van der Waals surface area contributed by atoms with E-state index in [1.54, 1.807) is 12.1 Å². The van der Waals surface area contributed by atoms with E-state index in [1.165, 1.54) is 0 Å². The van der Waals surface area contributed by atoms with E-state index in [0.29, 0.717) is 28.8 Å². The smallest absolute Gasteiger partial charge is 0.320 e. The molecule has 0 saturated carbocycles. The van der Waals surface area contributed by atoms with Crippen molar-refractivity contribution in [3.05, 3.63) is 27.7 Å². The van der Waals surface area contributed by atoms with Gasteiger partial charge in [-0.3, -0.25) is 4.79 Å². The van der Waals surface area contributed by atoms with Crippen molar-refractivity contribution in [3.8, 4) is 0 Å². The second-order valence-electron chi connectivity index (χ2n) is 4.66. The monoisotopic (exact) mass is 318 g/mol. The van der Waals surface area contributed by atoms with E-state index in [-0.39, 0.29) is 6.42 Å². The second kappa shape index (κ2) is 6.63. The third kappa shape index (κ3) is 3.55. The molecule has 0 amide bonds. The number of hydrogen-bond donors (Lipinski definition) is 2.